The van der Waals surface area contributed by atoms with Gasteiger partial charge in [-0.3, -0.25) is 14.3 Å². The van der Waals surface area contributed by atoms with Crippen LogP contribution in [0.25, 0.3) is 22.2 Å². The van der Waals surface area contributed by atoms with E-state index in [1.165, 1.54) is 0 Å². The first-order valence-electron chi connectivity index (χ1n) is 13.7. The smallest absolute Gasteiger partial charge is 0.408 e. The Morgan fingerprint density at radius 2 is 1.87 bits per heavy atom. The summed E-state index contributed by atoms with van der Waals surface area (Å²) >= 11 is 0. The molecule has 10 heteroatoms. The molecule has 0 radical (unpaired) electrons. The Morgan fingerprint density at radius 3 is 2.67 bits per heavy atom. The van der Waals surface area contributed by atoms with Crippen LogP contribution in [0.15, 0.2) is 51.7 Å². The topological polar surface area (TPSA) is 122 Å². The Kier molecular flexibility index (Phi) is 9.06. The maximum atomic E-state index is 12.7. The molecule has 10 nitrogen and oxygen atoms in total. The van der Waals surface area contributed by atoms with Gasteiger partial charge in [0, 0.05) is 45.8 Å². The third kappa shape index (κ3) is 6.94. The molecule has 3 aromatic rings. The lowest BCUT2D eigenvalue weighted by Gasteiger charge is -2.26. The Morgan fingerprint density at radius 1 is 1.08 bits per heavy atom. The van der Waals surface area contributed by atoms with E-state index in [1.54, 1.807) is 4.57 Å². The van der Waals surface area contributed by atoms with Crippen molar-refractivity contribution in [2.24, 2.45) is 0 Å². The van der Waals surface area contributed by atoms with Crippen LogP contribution >= 0.6 is 0 Å². The molecule has 2 N–H and O–H groups in total. The third-order valence-electron chi connectivity index (χ3n) is 7.30. The zero-order valence-corrected chi connectivity index (χ0v) is 22.1. The van der Waals surface area contributed by atoms with Crippen LogP contribution in [-0.2, 0) is 27.2 Å². The molecule has 1 aromatic heterocycles. The Labute approximate surface area is 227 Å². The van der Waals surface area contributed by atoms with Gasteiger partial charge in [0.05, 0.1) is 24.8 Å². The summed E-state index contributed by atoms with van der Waals surface area (Å²) in [7, 11) is 0. The molecule has 3 heterocycles. The zero-order chi connectivity index (χ0) is 27.0. The standard InChI is InChI=1S/C29H35N5O5/c30-19-24(32-28(35)27-20-31-9-1-2-14-38-27)17-21-3-5-22(6-4-21)23-7-8-26-25(18-23)34(29(36)39-26)11-10-33-12-15-37-16-13-33/h3-8,18,24,27,31H,1-2,9-17,20H2,(H,32,35)/t24-,27-/m0/s1. The van der Waals surface area contributed by atoms with Crippen molar-refractivity contribution in [2.75, 3.05) is 52.5 Å². The summed E-state index contributed by atoms with van der Waals surface area (Å²) in [6.45, 7) is 6.33. The fourth-order valence-corrected chi connectivity index (χ4v) is 5.02. The van der Waals surface area contributed by atoms with E-state index >= 15 is 0 Å². The second kappa shape index (κ2) is 13.0. The number of fused-ring (bicyclic) bond motifs is 1. The number of carbonyl (C=O) groups excluding carboxylic acids is 1. The molecule has 2 atom stereocenters. The molecule has 39 heavy (non-hydrogen) atoms. The summed E-state index contributed by atoms with van der Waals surface area (Å²) in [6, 6.07) is 15.2. The number of nitriles is 1. The van der Waals surface area contributed by atoms with Crippen LogP contribution in [0.3, 0.4) is 0 Å². The van der Waals surface area contributed by atoms with E-state index in [2.05, 4.69) is 21.6 Å². The van der Waals surface area contributed by atoms with E-state index in [4.69, 9.17) is 13.9 Å². The van der Waals surface area contributed by atoms with Gasteiger partial charge >= 0.3 is 5.76 Å². The molecule has 0 saturated carbocycles. The van der Waals surface area contributed by atoms with E-state index in [0.717, 1.165) is 74.4 Å². The van der Waals surface area contributed by atoms with Crippen molar-refractivity contribution >= 4 is 17.0 Å². The average molecular weight is 534 g/mol. The first-order chi connectivity index (χ1) is 19.1. The van der Waals surface area contributed by atoms with Crippen LogP contribution in [0.2, 0.25) is 0 Å². The first kappa shape index (κ1) is 27.1. The Hall–Kier alpha value is -3.49. The van der Waals surface area contributed by atoms with Crippen LogP contribution in [-0.4, -0.2) is 80.1 Å². The van der Waals surface area contributed by atoms with Gasteiger partial charge in [0.25, 0.3) is 5.91 Å². The highest BCUT2D eigenvalue weighted by molar-refractivity contribution is 5.82. The number of nitrogens with zero attached hydrogens (tertiary/aromatic N) is 3. The summed E-state index contributed by atoms with van der Waals surface area (Å²) in [4.78, 5) is 27.5. The van der Waals surface area contributed by atoms with Crippen LogP contribution < -0.4 is 16.4 Å². The number of hydrogen-bond acceptors (Lipinski definition) is 8. The normalized spacial score (nSPS) is 19.6. The molecular formula is C29H35N5O5. The van der Waals surface area contributed by atoms with Gasteiger partial charge < -0.3 is 24.5 Å². The number of carbonyl (C=O) groups is 1. The predicted octanol–water partition coefficient (Wildman–Crippen LogP) is 1.91. The summed E-state index contributed by atoms with van der Waals surface area (Å²) < 4.78 is 18.3. The molecule has 2 aromatic carbocycles. The fraction of sp³-hybridized carbons (Fsp3) is 0.483. The maximum Gasteiger partial charge on any atom is 0.419 e. The highest BCUT2D eigenvalue weighted by atomic mass is 16.5. The molecule has 2 fully saturated rings. The predicted molar refractivity (Wildman–Crippen MR) is 146 cm³/mol. The lowest BCUT2D eigenvalue weighted by atomic mass is 10.0. The second-order valence-corrected chi connectivity index (χ2v) is 10.0. The quantitative estimate of drug-likeness (QED) is 0.451. The lowest BCUT2D eigenvalue weighted by molar-refractivity contribution is -0.133. The van der Waals surface area contributed by atoms with Crippen molar-refractivity contribution in [3.05, 3.63) is 58.6 Å². The number of hydrogen-bond donors (Lipinski definition) is 2. The zero-order valence-electron chi connectivity index (χ0n) is 22.1. The van der Waals surface area contributed by atoms with Crippen LogP contribution in [0.4, 0.5) is 0 Å². The van der Waals surface area contributed by atoms with Gasteiger partial charge in [-0.1, -0.05) is 30.3 Å². The highest BCUT2D eigenvalue weighted by Gasteiger charge is 2.23. The number of aromatic nitrogens is 1. The summed E-state index contributed by atoms with van der Waals surface area (Å²) in [5.74, 6) is -0.614. The van der Waals surface area contributed by atoms with E-state index in [0.29, 0.717) is 31.7 Å². The van der Waals surface area contributed by atoms with Crippen LogP contribution in [0.1, 0.15) is 18.4 Å². The Balaban J connectivity index is 1.24. The van der Waals surface area contributed by atoms with Gasteiger partial charge in [0.15, 0.2) is 5.58 Å². The van der Waals surface area contributed by atoms with Gasteiger partial charge in [0.2, 0.25) is 0 Å². The number of ether oxygens (including phenoxy) is 2. The number of morpholine rings is 1. The molecule has 0 unspecified atom stereocenters. The van der Waals surface area contributed by atoms with Crippen molar-refractivity contribution in [3.63, 3.8) is 0 Å². The van der Waals surface area contributed by atoms with Crippen molar-refractivity contribution < 1.29 is 18.7 Å². The van der Waals surface area contributed by atoms with Crippen LogP contribution in [0.5, 0.6) is 0 Å². The molecule has 206 valence electrons. The molecule has 0 aliphatic carbocycles. The molecule has 2 saturated heterocycles. The van der Waals surface area contributed by atoms with Crippen molar-refractivity contribution in [1.82, 2.24) is 20.1 Å². The van der Waals surface area contributed by atoms with Crippen molar-refractivity contribution in [3.8, 4) is 17.2 Å². The van der Waals surface area contributed by atoms with Crippen molar-refractivity contribution in [2.45, 2.75) is 38.0 Å². The number of rotatable bonds is 8. The fourth-order valence-electron chi connectivity index (χ4n) is 5.02. The number of oxazole rings is 1. The molecule has 2 aliphatic heterocycles. The molecule has 5 rings (SSSR count). The van der Waals surface area contributed by atoms with Gasteiger partial charge in [-0.2, -0.15) is 5.26 Å². The van der Waals surface area contributed by atoms with Crippen molar-refractivity contribution in [1.29, 1.82) is 5.26 Å². The summed E-state index contributed by atoms with van der Waals surface area (Å²) in [5, 5.41) is 15.7. The molecule has 0 bridgehead atoms. The van der Waals surface area contributed by atoms with E-state index in [-0.39, 0.29) is 11.7 Å². The van der Waals surface area contributed by atoms with Gasteiger partial charge in [-0.25, -0.2) is 4.79 Å². The van der Waals surface area contributed by atoms with Crippen LogP contribution in [0, 0.1) is 11.3 Å². The van der Waals surface area contributed by atoms with Gasteiger partial charge in [-0.05, 0) is 48.2 Å². The Bertz CT molecular complexity index is 1350. The highest BCUT2D eigenvalue weighted by Crippen LogP contribution is 2.25. The number of benzene rings is 2. The SMILES string of the molecule is N#C[C@H](Cc1ccc(-c2ccc3oc(=O)n(CCN4CCOCC4)c3c2)cc1)NC(=O)[C@@H]1CNCCCCO1. The summed E-state index contributed by atoms with van der Waals surface area (Å²) in [5.41, 5.74) is 4.23. The summed E-state index contributed by atoms with van der Waals surface area (Å²) in [6.07, 6.45) is 1.73. The lowest BCUT2D eigenvalue weighted by Crippen LogP contribution is -2.47. The average Bonchev–Trinajstić information content (AvgIpc) is 3.26. The number of amides is 1. The third-order valence-corrected chi connectivity index (χ3v) is 7.30. The first-order valence-corrected chi connectivity index (χ1v) is 13.7. The maximum absolute atomic E-state index is 12.7. The molecular weight excluding hydrogens is 498 g/mol. The van der Waals surface area contributed by atoms with E-state index in [1.807, 2.05) is 42.5 Å². The minimum atomic E-state index is -0.652. The minimum Gasteiger partial charge on any atom is -0.408 e. The number of nitrogens with one attached hydrogen (secondary N) is 2. The molecule has 2 aliphatic rings. The second-order valence-electron chi connectivity index (χ2n) is 10.0. The minimum absolute atomic E-state index is 0.263. The van der Waals surface area contributed by atoms with Gasteiger partial charge in [0.1, 0.15) is 12.1 Å². The molecule has 1 amide bonds. The largest absolute Gasteiger partial charge is 0.419 e. The van der Waals surface area contributed by atoms with E-state index < -0.39 is 12.1 Å². The van der Waals surface area contributed by atoms with Gasteiger partial charge in [-0.15, -0.1) is 0 Å². The molecule has 0 spiro atoms. The van der Waals surface area contributed by atoms with E-state index in [9.17, 15) is 14.9 Å². The monoisotopic (exact) mass is 533 g/mol.